The molecule has 0 amide bonds. The molecule has 1 rings (SSSR count). The van der Waals surface area contributed by atoms with Crippen LogP contribution in [0.3, 0.4) is 0 Å². The minimum atomic E-state index is -1.74. The molecule has 9 nitrogen and oxygen atoms in total. The predicted molar refractivity (Wildman–Crippen MR) is 112 cm³/mol. The van der Waals surface area contributed by atoms with Gasteiger partial charge in [-0.15, -0.1) is 0 Å². The largest absolute Gasteiger partial charge is 0.480 e. The molecule has 0 radical (unpaired) electrons. The van der Waals surface area contributed by atoms with Gasteiger partial charge >= 0.3 is 23.9 Å². The molecule has 9 heteroatoms. The number of nitrogens with two attached hydrogens (primary N) is 1. The third-order valence-corrected chi connectivity index (χ3v) is 4.66. The molecule has 0 spiro atoms. The first kappa shape index (κ1) is 26.1. The van der Waals surface area contributed by atoms with Gasteiger partial charge in [0.2, 0.25) is 0 Å². The summed E-state index contributed by atoms with van der Waals surface area (Å²) >= 11 is 0. The molecule has 2 unspecified atom stereocenters. The van der Waals surface area contributed by atoms with Crippen molar-refractivity contribution in [1.29, 1.82) is 0 Å². The number of rotatable bonds is 11. The molecule has 31 heavy (non-hydrogen) atoms. The molecule has 0 saturated carbocycles. The molecule has 0 aliphatic rings. The van der Waals surface area contributed by atoms with Crippen LogP contribution in [0.25, 0.3) is 0 Å². The standard InChI is InChI=1S/C22H31NO8/c1-6-13(2)9-20(26)29-14(3)11-22(23,21(27)28)12-17-7-8-18(30-15(4)24)19(10-17)31-16(5)25/h7-8,10,13-14H,6,9,11-12,23H2,1-5H3,(H,27,28)/t13?,14-,22?/m0/s1. The number of carboxylic acid groups (broad SMARTS) is 1. The van der Waals surface area contributed by atoms with E-state index in [0.29, 0.717) is 5.56 Å². The number of carboxylic acids is 1. The van der Waals surface area contributed by atoms with E-state index in [-0.39, 0.29) is 36.7 Å². The van der Waals surface area contributed by atoms with Gasteiger partial charge in [0, 0.05) is 33.1 Å². The highest BCUT2D eigenvalue weighted by molar-refractivity contribution is 5.79. The van der Waals surface area contributed by atoms with Crippen molar-refractivity contribution in [2.75, 3.05) is 0 Å². The van der Waals surface area contributed by atoms with Gasteiger partial charge in [-0.3, -0.25) is 19.2 Å². The molecule has 3 atom stereocenters. The van der Waals surface area contributed by atoms with Crippen LogP contribution in [0.1, 0.15) is 59.4 Å². The second-order valence-corrected chi connectivity index (χ2v) is 7.83. The van der Waals surface area contributed by atoms with Crippen LogP contribution in [0.4, 0.5) is 0 Å². The van der Waals surface area contributed by atoms with Gasteiger partial charge in [-0.05, 0) is 30.5 Å². The number of esters is 3. The quantitative estimate of drug-likeness (QED) is 0.394. The van der Waals surface area contributed by atoms with Gasteiger partial charge in [0.15, 0.2) is 11.5 Å². The monoisotopic (exact) mass is 437 g/mol. The van der Waals surface area contributed by atoms with E-state index in [1.165, 1.54) is 32.0 Å². The van der Waals surface area contributed by atoms with Crippen molar-refractivity contribution in [3.63, 3.8) is 0 Å². The second-order valence-electron chi connectivity index (χ2n) is 7.83. The Bertz CT molecular complexity index is 822. The third-order valence-electron chi connectivity index (χ3n) is 4.66. The number of aliphatic carboxylic acids is 1. The molecule has 172 valence electrons. The normalized spacial score (nSPS) is 14.6. The summed E-state index contributed by atoms with van der Waals surface area (Å²) in [4.78, 5) is 46.6. The lowest BCUT2D eigenvalue weighted by atomic mass is 9.86. The fraction of sp³-hybridized carbons (Fsp3) is 0.545. The number of carbonyl (C=O) groups excluding carboxylic acids is 3. The van der Waals surface area contributed by atoms with Crippen molar-refractivity contribution < 1.29 is 38.5 Å². The van der Waals surface area contributed by atoms with E-state index in [2.05, 4.69) is 0 Å². The lowest BCUT2D eigenvalue weighted by molar-refractivity contribution is -0.154. The molecule has 0 aromatic heterocycles. The van der Waals surface area contributed by atoms with Crippen LogP contribution < -0.4 is 15.2 Å². The molecule has 0 aliphatic heterocycles. The maximum absolute atomic E-state index is 12.0. The summed E-state index contributed by atoms with van der Waals surface area (Å²) in [7, 11) is 0. The first-order valence-electron chi connectivity index (χ1n) is 10.1. The summed E-state index contributed by atoms with van der Waals surface area (Å²) in [5, 5.41) is 9.73. The summed E-state index contributed by atoms with van der Waals surface area (Å²) in [5.41, 5.74) is 4.86. The van der Waals surface area contributed by atoms with Crippen LogP contribution >= 0.6 is 0 Å². The number of ether oxygens (including phenoxy) is 3. The van der Waals surface area contributed by atoms with Crippen LogP contribution in [-0.2, 0) is 30.3 Å². The Hall–Kier alpha value is -2.94. The summed E-state index contributed by atoms with van der Waals surface area (Å²) in [6.45, 7) is 7.87. The smallest absolute Gasteiger partial charge is 0.324 e. The van der Waals surface area contributed by atoms with Gasteiger partial charge < -0.3 is 25.1 Å². The Morgan fingerprint density at radius 1 is 1.06 bits per heavy atom. The average Bonchev–Trinajstić information content (AvgIpc) is 2.62. The minimum Gasteiger partial charge on any atom is -0.480 e. The summed E-state index contributed by atoms with van der Waals surface area (Å²) in [6.07, 6.45) is 0.0984. The molecule has 0 saturated heterocycles. The average molecular weight is 437 g/mol. The van der Waals surface area contributed by atoms with E-state index < -0.39 is 35.5 Å². The molecular formula is C22H31NO8. The van der Waals surface area contributed by atoms with Crippen molar-refractivity contribution in [1.82, 2.24) is 0 Å². The summed E-state index contributed by atoms with van der Waals surface area (Å²) < 4.78 is 15.4. The number of hydrogen-bond donors (Lipinski definition) is 2. The van der Waals surface area contributed by atoms with E-state index in [1.54, 1.807) is 6.92 Å². The molecule has 1 aromatic carbocycles. The van der Waals surface area contributed by atoms with Crippen molar-refractivity contribution in [2.45, 2.75) is 71.9 Å². The highest BCUT2D eigenvalue weighted by Crippen LogP contribution is 2.31. The third kappa shape index (κ3) is 8.75. The van der Waals surface area contributed by atoms with E-state index in [9.17, 15) is 24.3 Å². The zero-order valence-electron chi connectivity index (χ0n) is 18.6. The van der Waals surface area contributed by atoms with Gasteiger partial charge in [-0.2, -0.15) is 0 Å². The van der Waals surface area contributed by atoms with Crippen LogP contribution in [0.5, 0.6) is 11.5 Å². The SMILES string of the molecule is CCC(C)CC(=O)O[C@@H](C)CC(N)(Cc1ccc(OC(C)=O)c(OC(C)=O)c1)C(=O)O. The molecule has 0 aliphatic carbocycles. The predicted octanol–water partition coefficient (Wildman–Crippen LogP) is 2.62. The molecule has 0 heterocycles. The van der Waals surface area contributed by atoms with Gasteiger partial charge in [0.1, 0.15) is 11.6 Å². The van der Waals surface area contributed by atoms with Gasteiger partial charge in [0.25, 0.3) is 0 Å². The minimum absolute atomic E-state index is 0.0248. The van der Waals surface area contributed by atoms with Crippen molar-refractivity contribution in [2.24, 2.45) is 11.7 Å². The molecule has 0 bridgehead atoms. The number of carbonyl (C=O) groups is 4. The maximum Gasteiger partial charge on any atom is 0.324 e. The Morgan fingerprint density at radius 3 is 2.16 bits per heavy atom. The number of benzene rings is 1. The highest BCUT2D eigenvalue weighted by Gasteiger charge is 2.37. The Labute approximate surface area is 181 Å². The van der Waals surface area contributed by atoms with Gasteiger partial charge in [0.05, 0.1) is 0 Å². The summed E-state index contributed by atoms with van der Waals surface area (Å²) in [5.74, 6) is -2.75. The first-order chi connectivity index (χ1) is 14.4. The van der Waals surface area contributed by atoms with E-state index in [0.717, 1.165) is 6.42 Å². The van der Waals surface area contributed by atoms with E-state index >= 15 is 0 Å². The van der Waals surface area contributed by atoms with E-state index in [1.807, 2.05) is 13.8 Å². The fourth-order valence-electron chi connectivity index (χ4n) is 2.99. The molecule has 0 fully saturated rings. The van der Waals surface area contributed by atoms with Crippen molar-refractivity contribution in [3.05, 3.63) is 23.8 Å². The van der Waals surface area contributed by atoms with Crippen molar-refractivity contribution >= 4 is 23.9 Å². The summed E-state index contributed by atoms with van der Waals surface area (Å²) in [6, 6.07) is 4.31. The Kier molecular flexibility index (Phi) is 9.64. The Balaban J connectivity index is 3.02. The lowest BCUT2D eigenvalue weighted by Crippen LogP contribution is -2.52. The fourth-order valence-corrected chi connectivity index (χ4v) is 2.99. The first-order valence-corrected chi connectivity index (χ1v) is 10.1. The molecule has 3 N–H and O–H groups in total. The topological polar surface area (TPSA) is 142 Å². The van der Waals surface area contributed by atoms with Crippen LogP contribution in [0.15, 0.2) is 18.2 Å². The Morgan fingerprint density at radius 2 is 1.65 bits per heavy atom. The number of hydrogen-bond acceptors (Lipinski definition) is 8. The highest BCUT2D eigenvalue weighted by atomic mass is 16.6. The molecule has 1 aromatic rings. The van der Waals surface area contributed by atoms with Crippen LogP contribution in [-0.4, -0.2) is 40.6 Å². The zero-order chi connectivity index (χ0) is 23.8. The van der Waals surface area contributed by atoms with Gasteiger partial charge in [-0.25, -0.2) is 0 Å². The molecular weight excluding hydrogens is 406 g/mol. The van der Waals surface area contributed by atoms with Crippen LogP contribution in [0, 0.1) is 5.92 Å². The lowest BCUT2D eigenvalue weighted by Gasteiger charge is -2.28. The maximum atomic E-state index is 12.0. The second kappa shape index (κ2) is 11.5. The zero-order valence-corrected chi connectivity index (χ0v) is 18.6. The van der Waals surface area contributed by atoms with Gasteiger partial charge in [-0.1, -0.05) is 26.3 Å². The van der Waals surface area contributed by atoms with Crippen LogP contribution in [0.2, 0.25) is 0 Å². The van der Waals surface area contributed by atoms with E-state index in [4.69, 9.17) is 19.9 Å². The van der Waals surface area contributed by atoms with Crippen molar-refractivity contribution in [3.8, 4) is 11.5 Å².